The molecule has 0 amide bonds. The Morgan fingerprint density at radius 2 is 2.56 bits per heavy atom. The molecule has 0 unspecified atom stereocenters. The van der Waals surface area contributed by atoms with Gasteiger partial charge in [0, 0.05) is 17.4 Å². The van der Waals surface area contributed by atoms with Crippen LogP contribution in [0.5, 0.6) is 0 Å². The topological polar surface area (TPSA) is 101 Å². The largest absolute Gasteiger partial charge is 0.464 e. The fourth-order valence-electron chi connectivity index (χ4n) is 1.13. The third kappa shape index (κ3) is 2.99. The summed E-state index contributed by atoms with van der Waals surface area (Å²) in [6, 6.07) is 0. The minimum absolute atomic E-state index is 0.0103. The number of oxazole rings is 1. The quantitative estimate of drug-likeness (QED) is 0.331. The minimum Gasteiger partial charge on any atom is -0.464 e. The first-order valence-corrected chi connectivity index (χ1v) is 4.73. The summed E-state index contributed by atoms with van der Waals surface area (Å²) < 4.78 is 9.63. The molecule has 0 aliphatic heterocycles. The lowest BCUT2D eigenvalue weighted by molar-refractivity contribution is 0.0594. The maximum Gasteiger partial charge on any atom is 0.360 e. The van der Waals surface area contributed by atoms with Gasteiger partial charge in [0.1, 0.15) is 6.26 Å². The van der Waals surface area contributed by atoms with Crippen LogP contribution in [0.15, 0.2) is 15.8 Å². The zero-order chi connectivity index (χ0) is 12.0. The van der Waals surface area contributed by atoms with Crippen molar-refractivity contribution < 1.29 is 13.9 Å². The van der Waals surface area contributed by atoms with E-state index in [0.29, 0.717) is 18.9 Å². The summed E-state index contributed by atoms with van der Waals surface area (Å²) in [4.78, 5) is 17.7. The van der Waals surface area contributed by atoms with Crippen LogP contribution in [0.25, 0.3) is 10.4 Å². The van der Waals surface area contributed by atoms with Gasteiger partial charge in [-0.3, -0.25) is 0 Å². The van der Waals surface area contributed by atoms with E-state index in [2.05, 4.69) is 19.7 Å². The van der Waals surface area contributed by atoms with Gasteiger partial charge in [-0.25, -0.2) is 9.78 Å². The molecule has 7 nitrogen and oxygen atoms in total. The van der Waals surface area contributed by atoms with E-state index in [1.165, 1.54) is 13.4 Å². The summed E-state index contributed by atoms with van der Waals surface area (Å²) in [7, 11) is 1.28. The first kappa shape index (κ1) is 12.1. The molecule has 0 N–H and O–H groups in total. The second-order valence-corrected chi connectivity index (χ2v) is 3.21. The lowest BCUT2D eigenvalue weighted by Crippen LogP contribution is -2.02. The van der Waals surface area contributed by atoms with Crippen molar-refractivity contribution in [3.8, 4) is 0 Å². The number of carbonyl (C=O) groups excluding carboxylic acids is 1. The number of carbonyl (C=O) groups is 1. The SMILES string of the molecule is COC(=O)c1coc([C@H](C)CCN=[N+]=[N-])n1. The molecule has 0 spiro atoms. The van der Waals surface area contributed by atoms with Crippen molar-refractivity contribution in [1.29, 1.82) is 0 Å². The number of ether oxygens (including phenoxy) is 1. The molecule has 1 aromatic rings. The lowest BCUT2D eigenvalue weighted by Gasteiger charge is -2.02. The highest BCUT2D eigenvalue weighted by molar-refractivity contribution is 5.86. The van der Waals surface area contributed by atoms with Crippen molar-refractivity contribution in [3.63, 3.8) is 0 Å². The highest BCUT2D eigenvalue weighted by Gasteiger charge is 2.16. The van der Waals surface area contributed by atoms with Gasteiger partial charge in [0.25, 0.3) is 0 Å². The maximum absolute atomic E-state index is 11.1. The average Bonchev–Trinajstić information content (AvgIpc) is 2.77. The Hall–Kier alpha value is -2.01. The number of nitrogens with zero attached hydrogens (tertiary/aromatic N) is 4. The molecule has 1 atom stereocenters. The van der Waals surface area contributed by atoms with E-state index in [0.717, 1.165) is 0 Å². The number of methoxy groups -OCH3 is 1. The van der Waals surface area contributed by atoms with Crippen LogP contribution in [0.4, 0.5) is 0 Å². The number of esters is 1. The van der Waals surface area contributed by atoms with Crippen LogP contribution < -0.4 is 0 Å². The summed E-state index contributed by atoms with van der Waals surface area (Å²) in [5.74, 6) is -0.102. The minimum atomic E-state index is -0.530. The molecule has 1 heterocycles. The Morgan fingerprint density at radius 3 is 3.19 bits per heavy atom. The highest BCUT2D eigenvalue weighted by atomic mass is 16.5. The van der Waals surface area contributed by atoms with Gasteiger partial charge in [-0.2, -0.15) is 0 Å². The highest BCUT2D eigenvalue weighted by Crippen LogP contribution is 2.18. The number of aromatic nitrogens is 1. The second kappa shape index (κ2) is 5.77. The summed E-state index contributed by atoms with van der Waals surface area (Å²) in [6.45, 7) is 2.24. The molecule has 0 aromatic carbocycles. The molecule has 0 aliphatic rings. The molecule has 7 heteroatoms. The Labute approximate surface area is 92.0 Å². The van der Waals surface area contributed by atoms with E-state index in [4.69, 9.17) is 9.95 Å². The van der Waals surface area contributed by atoms with Gasteiger partial charge in [-0.05, 0) is 12.0 Å². The summed E-state index contributed by atoms with van der Waals surface area (Å²) >= 11 is 0. The van der Waals surface area contributed by atoms with Crippen molar-refractivity contribution >= 4 is 5.97 Å². The first-order valence-electron chi connectivity index (χ1n) is 4.73. The van der Waals surface area contributed by atoms with E-state index in [9.17, 15) is 4.79 Å². The van der Waals surface area contributed by atoms with Crippen LogP contribution in [0, 0.1) is 0 Å². The van der Waals surface area contributed by atoms with Crippen molar-refractivity contribution in [2.45, 2.75) is 19.3 Å². The van der Waals surface area contributed by atoms with E-state index >= 15 is 0 Å². The summed E-state index contributed by atoms with van der Waals surface area (Å²) in [5.41, 5.74) is 8.26. The molecule has 0 fully saturated rings. The number of rotatable bonds is 5. The second-order valence-electron chi connectivity index (χ2n) is 3.21. The lowest BCUT2D eigenvalue weighted by atomic mass is 10.1. The fraction of sp³-hybridized carbons (Fsp3) is 0.556. The molecule has 1 rings (SSSR count). The van der Waals surface area contributed by atoms with Crippen molar-refractivity contribution in [2.24, 2.45) is 5.11 Å². The van der Waals surface area contributed by atoms with Gasteiger partial charge in [0.05, 0.1) is 7.11 Å². The zero-order valence-electron chi connectivity index (χ0n) is 9.08. The predicted octanol–water partition coefficient (Wildman–Crippen LogP) is 2.27. The van der Waals surface area contributed by atoms with Crippen LogP contribution in [-0.4, -0.2) is 24.6 Å². The molecule has 1 aromatic heterocycles. The molecule has 0 saturated heterocycles. The first-order chi connectivity index (χ1) is 7.69. The third-order valence-electron chi connectivity index (χ3n) is 2.06. The average molecular weight is 224 g/mol. The van der Waals surface area contributed by atoms with E-state index in [-0.39, 0.29) is 11.6 Å². The Balaban J connectivity index is 2.62. The molecule has 16 heavy (non-hydrogen) atoms. The zero-order valence-corrected chi connectivity index (χ0v) is 9.08. The monoisotopic (exact) mass is 224 g/mol. The smallest absolute Gasteiger partial charge is 0.360 e. The summed E-state index contributed by atoms with van der Waals surface area (Å²) in [5, 5.41) is 3.41. The van der Waals surface area contributed by atoms with Crippen LogP contribution in [0.1, 0.15) is 35.6 Å². The van der Waals surface area contributed by atoms with Gasteiger partial charge in [0.15, 0.2) is 11.6 Å². The fourth-order valence-corrected chi connectivity index (χ4v) is 1.13. The van der Waals surface area contributed by atoms with Crippen LogP contribution in [-0.2, 0) is 4.74 Å². The van der Waals surface area contributed by atoms with Gasteiger partial charge >= 0.3 is 5.97 Å². The standard InChI is InChI=1S/C9H12N4O3/c1-6(3-4-11-13-10)8-12-7(5-16-8)9(14)15-2/h5-6H,3-4H2,1-2H3/t6-/m1/s1. The predicted molar refractivity (Wildman–Crippen MR) is 54.9 cm³/mol. The van der Waals surface area contributed by atoms with Crippen molar-refractivity contribution in [1.82, 2.24) is 4.98 Å². The number of hydrogen-bond acceptors (Lipinski definition) is 5. The number of hydrogen-bond donors (Lipinski definition) is 0. The number of azide groups is 1. The van der Waals surface area contributed by atoms with Crippen molar-refractivity contribution in [2.75, 3.05) is 13.7 Å². The Kier molecular flexibility index (Phi) is 4.35. The molecular formula is C9H12N4O3. The van der Waals surface area contributed by atoms with Crippen LogP contribution in [0.2, 0.25) is 0 Å². The molecule has 0 aliphatic carbocycles. The Morgan fingerprint density at radius 1 is 1.81 bits per heavy atom. The normalized spacial score (nSPS) is 11.6. The van der Waals surface area contributed by atoms with Gasteiger partial charge in [-0.15, -0.1) is 0 Å². The van der Waals surface area contributed by atoms with Gasteiger partial charge < -0.3 is 9.15 Å². The van der Waals surface area contributed by atoms with Crippen LogP contribution >= 0.6 is 0 Å². The molecule has 0 bridgehead atoms. The van der Waals surface area contributed by atoms with E-state index < -0.39 is 5.97 Å². The van der Waals surface area contributed by atoms with Gasteiger partial charge in [0.2, 0.25) is 0 Å². The Bertz CT molecular complexity index is 409. The summed E-state index contributed by atoms with van der Waals surface area (Å²) in [6.07, 6.45) is 1.87. The van der Waals surface area contributed by atoms with E-state index in [1.807, 2.05) is 6.92 Å². The van der Waals surface area contributed by atoms with Gasteiger partial charge in [-0.1, -0.05) is 12.0 Å². The third-order valence-corrected chi connectivity index (χ3v) is 2.06. The van der Waals surface area contributed by atoms with Crippen LogP contribution in [0.3, 0.4) is 0 Å². The molecule has 0 saturated carbocycles. The molecular weight excluding hydrogens is 212 g/mol. The molecule has 0 radical (unpaired) electrons. The van der Waals surface area contributed by atoms with E-state index in [1.54, 1.807) is 0 Å². The van der Waals surface area contributed by atoms with Crippen molar-refractivity contribution in [3.05, 3.63) is 28.3 Å². The molecule has 86 valence electrons. The maximum atomic E-state index is 11.1.